The van der Waals surface area contributed by atoms with Gasteiger partial charge in [-0.2, -0.15) is 0 Å². The van der Waals surface area contributed by atoms with Gasteiger partial charge in [0.25, 0.3) is 0 Å². The van der Waals surface area contributed by atoms with Crippen molar-refractivity contribution in [3.63, 3.8) is 0 Å². The third kappa shape index (κ3) is 4.79. The summed E-state index contributed by atoms with van der Waals surface area (Å²) in [6.45, 7) is 11.2. The zero-order valence-electron chi connectivity index (χ0n) is 22.3. The molecule has 7 nitrogen and oxygen atoms in total. The molecular formula is C31H30N2O5. The molecule has 3 aromatic heterocycles. The Bertz CT molecular complexity index is 1710. The fourth-order valence-electron chi connectivity index (χ4n) is 4.55. The van der Waals surface area contributed by atoms with E-state index in [1.807, 2.05) is 65.0 Å². The van der Waals surface area contributed by atoms with Crippen LogP contribution in [0, 0.1) is 13.8 Å². The van der Waals surface area contributed by atoms with Gasteiger partial charge in [0, 0.05) is 34.6 Å². The average Bonchev–Trinajstić information content (AvgIpc) is 3.29. The fourth-order valence-corrected chi connectivity index (χ4v) is 4.55. The number of pyridine rings is 1. The first-order valence-electron chi connectivity index (χ1n) is 12.5. The molecule has 0 spiro atoms. The van der Waals surface area contributed by atoms with Gasteiger partial charge in [0.2, 0.25) is 0 Å². The summed E-state index contributed by atoms with van der Waals surface area (Å²) in [5.74, 6) is 0.433. The van der Waals surface area contributed by atoms with Crippen LogP contribution >= 0.6 is 0 Å². The molecule has 0 bridgehead atoms. The van der Waals surface area contributed by atoms with E-state index < -0.39 is 11.6 Å². The highest BCUT2D eigenvalue weighted by molar-refractivity contribution is 5.96. The van der Waals surface area contributed by atoms with Crippen LogP contribution in [-0.2, 0) is 4.74 Å². The maximum absolute atomic E-state index is 13.5. The number of hydrogen-bond acceptors (Lipinski definition) is 7. The second-order valence-electron chi connectivity index (χ2n) is 10.6. The molecular weight excluding hydrogens is 480 g/mol. The molecule has 3 heterocycles. The molecule has 38 heavy (non-hydrogen) atoms. The maximum Gasteiger partial charge on any atom is 0.340 e. The van der Waals surface area contributed by atoms with E-state index in [0.29, 0.717) is 44.9 Å². The van der Waals surface area contributed by atoms with Gasteiger partial charge in [-0.1, -0.05) is 18.2 Å². The third-order valence-electron chi connectivity index (χ3n) is 6.32. The van der Waals surface area contributed by atoms with Crippen LogP contribution in [-0.4, -0.2) is 16.6 Å². The second kappa shape index (κ2) is 9.49. The van der Waals surface area contributed by atoms with Crippen LogP contribution in [0.15, 0.2) is 74.6 Å². The lowest BCUT2D eigenvalue weighted by molar-refractivity contribution is 0.00706. The van der Waals surface area contributed by atoms with Gasteiger partial charge >= 0.3 is 5.97 Å². The van der Waals surface area contributed by atoms with Crippen LogP contribution in [0.25, 0.3) is 33.5 Å². The highest BCUT2D eigenvalue weighted by atomic mass is 16.6. The Kier molecular flexibility index (Phi) is 6.31. The first kappa shape index (κ1) is 25.3. The predicted octanol–water partition coefficient (Wildman–Crippen LogP) is 7.35. The summed E-state index contributed by atoms with van der Waals surface area (Å²) >= 11 is 0. The summed E-state index contributed by atoms with van der Waals surface area (Å²) < 4.78 is 18.0. The average molecular weight is 511 g/mol. The SMILES string of the molecule is Cc1cc(C(C)Nc2ccccc2C(=O)OC(C)(C)C)c2oc(-c3cc4cnccc4o3)c(C)c(=O)c2c1. The quantitative estimate of drug-likeness (QED) is 0.247. The minimum absolute atomic E-state index is 0.119. The predicted molar refractivity (Wildman–Crippen MR) is 149 cm³/mol. The minimum atomic E-state index is -0.618. The van der Waals surface area contributed by atoms with Crippen LogP contribution in [0.5, 0.6) is 0 Å². The largest absolute Gasteiger partial charge is 0.456 e. The van der Waals surface area contributed by atoms with Gasteiger partial charge in [-0.15, -0.1) is 0 Å². The number of nitrogens with one attached hydrogen (secondary N) is 1. The first-order chi connectivity index (χ1) is 18.0. The molecule has 0 saturated heterocycles. The number of carbonyl (C=O) groups excluding carboxylic acids is 1. The molecule has 1 atom stereocenters. The van der Waals surface area contributed by atoms with Gasteiger partial charge in [0.15, 0.2) is 16.9 Å². The van der Waals surface area contributed by atoms with E-state index in [0.717, 1.165) is 16.5 Å². The third-order valence-corrected chi connectivity index (χ3v) is 6.32. The molecule has 2 aromatic carbocycles. The molecule has 0 fully saturated rings. The molecule has 5 aromatic rings. The number of aromatic nitrogens is 1. The molecule has 0 amide bonds. The standard InChI is InChI=1S/C31H30N2O5/c1-17-13-22(19(3)33-24-10-8-7-9-21(24)30(35)38-31(4,5)6)29-23(14-17)27(34)18(2)28(37-29)26-15-20-16-32-12-11-25(20)36-26/h7-16,19,33H,1-6H3. The molecule has 0 aliphatic heterocycles. The number of carbonyl (C=O) groups is 1. The smallest absolute Gasteiger partial charge is 0.340 e. The first-order valence-corrected chi connectivity index (χ1v) is 12.5. The summed E-state index contributed by atoms with van der Waals surface area (Å²) in [7, 11) is 0. The number of ether oxygens (including phenoxy) is 1. The van der Waals surface area contributed by atoms with Crippen molar-refractivity contribution < 1.29 is 18.4 Å². The van der Waals surface area contributed by atoms with Crippen molar-refractivity contribution in [3.05, 3.63) is 93.4 Å². The van der Waals surface area contributed by atoms with Crippen molar-refractivity contribution in [1.82, 2.24) is 4.98 Å². The Morgan fingerprint density at radius 1 is 1.05 bits per heavy atom. The minimum Gasteiger partial charge on any atom is -0.456 e. The van der Waals surface area contributed by atoms with Gasteiger partial charge < -0.3 is 18.9 Å². The van der Waals surface area contributed by atoms with Crippen molar-refractivity contribution in [2.75, 3.05) is 5.32 Å². The van der Waals surface area contributed by atoms with Crippen LogP contribution in [0.4, 0.5) is 5.69 Å². The number of rotatable bonds is 5. The number of nitrogens with zero attached hydrogens (tertiary/aromatic N) is 1. The summed E-state index contributed by atoms with van der Waals surface area (Å²) in [5.41, 5.74) is 3.63. The Balaban J connectivity index is 1.60. The number of aryl methyl sites for hydroxylation is 1. The van der Waals surface area contributed by atoms with Gasteiger partial charge in [-0.25, -0.2) is 4.79 Å². The topological polar surface area (TPSA) is 94.6 Å². The maximum atomic E-state index is 13.5. The number of benzene rings is 2. The van der Waals surface area contributed by atoms with Crippen LogP contribution in [0.2, 0.25) is 0 Å². The molecule has 1 unspecified atom stereocenters. The highest BCUT2D eigenvalue weighted by Gasteiger charge is 2.23. The van der Waals surface area contributed by atoms with Gasteiger partial charge in [0.1, 0.15) is 16.8 Å². The lowest BCUT2D eigenvalue weighted by Crippen LogP contribution is -2.24. The lowest BCUT2D eigenvalue weighted by Gasteiger charge is -2.23. The number of fused-ring (bicyclic) bond motifs is 2. The van der Waals surface area contributed by atoms with Crippen molar-refractivity contribution in [1.29, 1.82) is 0 Å². The molecule has 5 rings (SSSR count). The van der Waals surface area contributed by atoms with Crippen molar-refractivity contribution in [2.45, 2.75) is 53.2 Å². The van der Waals surface area contributed by atoms with E-state index in [1.165, 1.54) is 0 Å². The van der Waals surface area contributed by atoms with E-state index >= 15 is 0 Å². The Morgan fingerprint density at radius 3 is 2.55 bits per heavy atom. The number of esters is 1. The van der Waals surface area contributed by atoms with E-state index in [9.17, 15) is 9.59 Å². The Morgan fingerprint density at radius 2 is 1.82 bits per heavy atom. The van der Waals surface area contributed by atoms with Gasteiger partial charge in [0.05, 0.1) is 17.0 Å². The summed E-state index contributed by atoms with van der Waals surface area (Å²) in [4.78, 5) is 30.5. The molecule has 7 heteroatoms. The monoisotopic (exact) mass is 510 g/mol. The van der Waals surface area contributed by atoms with E-state index in [-0.39, 0.29) is 11.5 Å². The Labute approximate surface area is 220 Å². The van der Waals surface area contributed by atoms with Crippen LogP contribution in [0.1, 0.15) is 60.8 Å². The fraction of sp³-hybridized carbons (Fsp3) is 0.258. The molecule has 0 radical (unpaired) electrons. The molecule has 194 valence electrons. The van der Waals surface area contributed by atoms with Crippen molar-refractivity contribution in [2.24, 2.45) is 0 Å². The molecule has 0 aliphatic rings. The number of furan rings is 1. The zero-order valence-corrected chi connectivity index (χ0v) is 22.3. The van der Waals surface area contributed by atoms with Gasteiger partial charge in [-0.3, -0.25) is 9.78 Å². The summed E-state index contributed by atoms with van der Waals surface area (Å²) in [6, 6.07) is 14.3. The summed E-state index contributed by atoms with van der Waals surface area (Å²) in [6.07, 6.45) is 3.36. The summed E-state index contributed by atoms with van der Waals surface area (Å²) in [5, 5.41) is 4.75. The van der Waals surface area contributed by atoms with E-state index in [2.05, 4.69) is 10.3 Å². The second-order valence-corrected chi connectivity index (χ2v) is 10.6. The lowest BCUT2D eigenvalue weighted by atomic mass is 9.99. The van der Waals surface area contributed by atoms with E-state index in [1.54, 1.807) is 37.5 Å². The van der Waals surface area contributed by atoms with Crippen LogP contribution < -0.4 is 10.7 Å². The zero-order chi connectivity index (χ0) is 27.2. The highest BCUT2D eigenvalue weighted by Crippen LogP contribution is 2.34. The van der Waals surface area contributed by atoms with E-state index in [4.69, 9.17) is 13.6 Å². The molecule has 0 aliphatic carbocycles. The normalized spacial score (nSPS) is 12.6. The van der Waals surface area contributed by atoms with Gasteiger partial charge in [-0.05, 0) is 77.4 Å². The molecule has 0 saturated carbocycles. The number of hydrogen-bond donors (Lipinski definition) is 1. The molecule has 1 N–H and O–H groups in total. The number of para-hydroxylation sites is 1. The van der Waals surface area contributed by atoms with Crippen molar-refractivity contribution in [3.8, 4) is 11.5 Å². The Hall–Kier alpha value is -4.39. The van der Waals surface area contributed by atoms with Crippen molar-refractivity contribution >= 4 is 33.6 Å². The number of anilines is 1. The van der Waals surface area contributed by atoms with Crippen LogP contribution in [0.3, 0.4) is 0 Å².